The standard InChI is InChI=1S/C18H17ClN2O/c19-15-8-4-7-13-14(12-5-2-1-3-6-12)11-21-10-9-20-18(22)17(21)16(13)15/h1-8,14,17H,9-11H2,(H,20,22)/t14-,17+/m1/s1. The van der Waals surface area contributed by atoms with E-state index in [2.05, 4.69) is 40.5 Å². The lowest BCUT2D eigenvalue weighted by atomic mass is 9.80. The Balaban J connectivity index is 1.88. The second kappa shape index (κ2) is 5.41. The monoisotopic (exact) mass is 312 g/mol. The van der Waals surface area contributed by atoms with Gasteiger partial charge < -0.3 is 5.32 Å². The lowest BCUT2D eigenvalue weighted by Gasteiger charge is -2.43. The predicted molar refractivity (Wildman–Crippen MR) is 87.1 cm³/mol. The van der Waals surface area contributed by atoms with Crippen molar-refractivity contribution in [2.45, 2.75) is 12.0 Å². The van der Waals surface area contributed by atoms with Crippen LogP contribution in [0.1, 0.15) is 28.7 Å². The van der Waals surface area contributed by atoms with Crippen molar-refractivity contribution in [2.24, 2.45) is 0 Å². The zero-order valence-electron chi connectivity index (χ0n) is 12.1. The van der Waals surface area contributed by atoms with Crippen molar-refractivity contribution in [3.8, 4) is 0 Å². The molecule has 0 aliphatic carbocycles. The fourth-order valence-corrected chi connectivity index (χ4v) is 3.96. The van der Waals surface area contributed by atoms with E-state index < -0.39 is 0 Å². The van der Waals surface area contributed by atoms with E-state index in [1.165, 1.54) is 11.1 Å². The van der Waals surface area contributed by atoms with Gasteiger partial charge in [-0.2, -0.15) is 0 Å². The first-order valence-electron chi connectivity index (χ1n) is 7.60. The fraction of sp³-hybridized carbons (Fsp3) is 0.278. The van der Waals surface area contributed by atoms with Gasteiger partial charge in [0, 0.05) is 36.1 Å². The molecule has 4 rings (SSSR count). The van der Waals surface area contributed by atoms with E-state index in [4.69, 9.17) is 11.6 Å². The third kappa shape index (κ3) is 2.13. The number of nitrogens with one attached hydrogen (secondary N) is 1. The number of benzene rings is 2. The molecule has 1 amide bonds. The van der Waals surface area contributed by atoms with Gasteiger partial charge in [-0.1, -0.05) is 54.1 Å². The van der Waals surface area contributed by atoms with Crippen molar-refractivity contribution in [2.75, 3.05) is 19.6 Å². The summed E-state index contributed by atoms with van der Waals surface area (Å²) in [6.07, 6.45) is 0. The summed E-state index contributed by atoms with van der Waals surface area (Å²) in [7, 11) is 0. The lowest BCUT2D eigenvalue weighted by molar-refractivity contribution is -0.129. The van der Waals surface area contributed by atoms with Gasteiger partial charge in [-0.05, 0) is 17.2 Å². The first-order chi connectivity index (χ1) is 10.8. The summed E-state index contributed by atoms with van der Waals surface area (Å²) < 4.78 is 0. The maximum absolute atomic E-state index is 12.4. The number of hydrogen-bond acceptors (Lipinski definition) is 2. The van der Waals surface area contributed by atoms with E-state index in [-0.39, 0.29) is 17.9 Å². The molecule has 112 valence electrons. The maximum Gasteiger partial charge on any atom is 0.242 e. The Morgan fingerprint density at radius 1 is 1.09 bits per heavy atom. The summed E-state index contributed by atoms with van der Waals surface area (Å²) in [4.78, 5) is 14.6. The molecule has 0 spiro atoms. The van der Waals surface area contributed by atoms with Crippen molar-refractivity contribution < 1.29 is 4.79 Å². The zero-order valence-corrected chi connectivity index (χ0v) is 12.9. The average Bonchev–Trinajstić information content (AvgIpc) is 2.55. The van der Waals surface area contributed by atoms with Gasteiger partial charge in [-0.25, -0.2) is 0 Å². The van der Waals surface area contributed by atoms with Gasteiger partial charge in [0.15, 0.2) is 0 Å². The molecule has 2 aliphatic rings. The summed E-state index contributed by atoms with van der Waals surface area (Å²) in [5.74, 6) is 0.323. The molecule has 1 saturated heterocycles. The number of piperazine rings is 1. The highest BCUT2D eigenvalue weighted by molar-refractivity contribution is 6.31. The van der Waals surface area contributed by atoms with Crippen LogP contribution in [0.2, 0.25) is 5.02 Å². The van der Waals surface area contributed by atoms with Gasteiger partial charge in [-0.3, -0.25) is 9.69 Å². The predicted octanol–water partition coefficient (Wildman–Crippen LogP) is 2.96. The number of carbonyl (C=O) groups is 1. The molecule has 0 aromatic heterocycles. The molecule has 2 heterocycles. The van der Waals surface area contributed by atoms with E-state index >= 15 is 0 Å². The summed E-state index contributed by atoms with van der Waals surface area (Å²) in [5, 5.41) is 3.65. The minimum absolute atomic E-state index is 0.0621. The zero-order chi connectivity index (χ0) is 15.1. The van der Waals surface area contributed by atoms with Crippen molar-refractivity contribution >= 4 is 17.5 Å². The highest BCUT2D eigenvalue weighted by Gasteiger charge is 2.40. The SMILES string of the molecule is O=C1NCCN2C[C@H](c3ccccc3)c3cccc(Cl)c3[C@@H]12. The second-order valence-corrected chi connectivity index (χ2v) is 6.30. The normalized spacial score (nSPS) is 24.3. The van der Waals surface area contributed by atoms with E-state index in [0.29, 0.717) is 11.6 Å². The van der Waals surface area contributed by atoms with E-state index in [0.717, 1.165) is 18.7 Å². The van der Waals surface area contributed by atoms with E-state index in [1.807, 2.05) is 18.2 Å². The van der Waals surface area contributed by atoms with Crippen LogP contribution < -0.4 is 5.32 Å². The number of rotatable bonds is 1. The number of carbonyl (C=O) groups excluding carboxylic acids is 1. The Morgan fingerprint density at radius 2 is 1.91 bits per heavy atom. The Labute approximate surface area is 134 Å². The van der Waals surface area contributed by atoms with E-state index in [9.17, 15) is 4.79 Å². The van der Waals surface area contributed by atoms with Crippen molar-refractivity contribution in [1.29, 1.82) is 0 Å². The van der Waals surface area contributed by atoms with Gasteiger partial charge >= 0.3 is 0 Å². The molecule has 3 nitrogen and oxygen atoms in total. The second-order valence-electron chi connectivity index (χ2n) is 5.89. The molecule has 0 bridgehead atoms. The van der Waals surface area contributed by atoms with Crippen molar-refractivity contribution in [3.05, 3.63) is 70.2 Å². The van der Waals surface area contributed by atoms with Crippen LogP contribution in [0.5, 0.6) is 0 Å². The molecule has 2 atom stereocenters. The minimum atomic E-state index is -0.252. The van der Waals surface area contributed by atoms with E-state index in [1.54, 1.807) is 0 Å². The lowest BCUT2D eigenvalue weighted by Crippen LogP contribution is -2.53. The van der Waals surface area contributed by atoms with Crippen LogP contribution in [0.4, 0.5) is 0 Å². The summed E-state index contributed by atoms with van der Waals surface area (Å²) in [5.41, 5.74) is 3.42. The molecule has 0 saturated carbocycles. The summed E-state index contributed by atoms with van der Waals surface area (Å²) >= 11 is 6.47. The highest BCUT2D eigenvalue weighted by atomic mass is 35.5. The van der Waals surface area contributed by atoms with Crippen LogP contribution in [0.15, 0.2) is 48.5 Å². The first kappa shape index (κ1) is 13.8. The molecule has 22 heavy (non-hydrogen) atoms. The smallest absolute Gasteiger partial charge is 0.242 e. The fourth-order valence-electron chi connectivity index (χ4n) is 3.67. The molecule has 0 unspecified atom stereocenters. The highest BCUT2D eigenvalue weighted by Crippen LogP contribution is 2.43. The van der Waals surface area contributed by atoms with Crippen LogP contribution >= 0.6 is 11.6 Å². The Bertz CT molecular complexity index is 716. The third-order valence-corrected chi connectivity index (χ3v) is 5.00. The number of halogens is 1. The van der Waals surface area contributed by atoms with Gasteiger partial charge in [0.1, 0.15) is 6.04 Å². The molecule has 0 radical (unpaired) electrons. The maximum atomic E-state index is 12.4. The molecule has 1 fully saturated rings. The van der Waals surface area contributed by atoms with Crippen LogP contribution in [-0.4, -0.2) is 30.4 Å². The van der Waals surface area contributed by atoms with Crippen molar-refractivity contribution in [1.82, 2.24) is 10.2 Å². The largest absolute Gasteiger partial charge is 0.353 e. The Kier molecular flexibility index (Phi) is 3.40. The molecule has 2 aromatic carbocycles. The quantitative estimate of drug-likeness (QED) is 0.878. The first-order valence-corrected chi connectivity index (χ1v) is 7.98. The molecule has 2 aromatic rings. The number of nitrogens with zero attached hydrogens (tertiary/aromatic N) is 1. The average molecular weight is 313 g/mol. The van der Waals surface area contributed by atoms with Gasteiger partial charge in [0.05, 0.1) is 0 Å². The molecular formula is C18H17ClN2O. The van der Waals surface area contributed by atoms with Crippen LogP contribution in [0.3, 0.4) is 0 Å². The minimum Gasteiger partial charge on any atom is -0.353 e. The van der Waals surface area contributed by atoms with Gasteiger partial charge in [0.2, 0.25) is 5.91 Å². The number of fused-ring (bicyclic) bond motifs is 3. The topological polar surface area (TPSA) is 32.3 Å². The van der Waals surface area contributed by atoms with Gasteiger partial charge in [-0.15, -0.1) is 0 Å². The Morgan fingerprint density at radius 3 is 2.73 bits per heavy atom. The molecule has 1 N–H and O–H groups in total. The van der Waals surface area contributed by atoms with Crippen molar-refractivity contribution in [3.63, 3.8) is 0 Å². The summed E-state index contributed by atoms with van der Waals surface area (Å²) in [6.45, 7) is 2.43. The summed E-state index contributed by atoms with van der Waals surface area (Å²) in [6, 6.07) is 16.2. The molecular weight excluding hydrogens is 296 g/mol. The molecule has 2 aliphatic heterocycles. The third-order valence-electron chi connectivity index (χ3n) is 4.67. The van der Waals surface area contributed by atoms with Gasteiger partial charge in [0.25, 0.3) is 0 Å². The molecule has 4 heteroatoms. The number of amides is 1. The number of hydrogen-bond donors (Lipinski definition) is 1. The van der Waals surface area contributed by atoms with Crippen LogP contribution in [-0.2, 0) is 4.79 Å². The Hall–Kier alpha value is -1.84. The van der Waals surface area contributed by atoms with Crippen LogP contribution in [0, 0.1) is 0 Å². The van der Waals surface area contributed by atoms with Crippen LogP contribution in [0.25, 0.3) is 0 Å².